The minimum absolute atomic E-state index is 0.147. The van der Waals surface area contributed by atoms with Gasteiger partial charge in [-0.1, -0.05) is 6.07 Å². The summed E-state index contributed by atoms with van der Waals surface area (Å²) in [4.78, 5) is 6.48. The molecule has 20 heavy (non-hydrogen) atoms. The third-order valence-corrected chi connectivity index (χ3v) is 2.46. The maximum absolute atomic E-state index is 13.6. The summed E-state index contributed by atoms with van der Waals surface area (Å²) in [6.07, 6.45) is -4.79. The van der Waals surface area contributed by atoms with Gasteiger partial charge in [-0.3, -0.25) is 0 Å². The van der Waals surface area contributed by atoms with Gasteiger partial charge in [0.25, 0.3) is 0 Å². The Labute approximate surface area is 110 Å². The first-order chi connectivity index (χ1) is 9.32. The molecule has 0 unspecified atom stereocenters. The molecule has 0 fully saturated rings. The molecule has 0 radical (unpaired) electrons. The summed E-state index contributed by atoms with van der Waals surface area (Å²) in [5.41, 5.74) is -0.719. The molecule has 1 aromatic heterocycles. The number of hydrogen-bond acceptors (Lipinski definition) is 3. The number of benzene rings is 1. The summed E-state index contributed by atoms with van der Waals surface area (Å²) in [5.74, 6) is -4.00. The second-order valence-corrected chi connectivity index (χ2v) is 3.81. The smallest absolute Gasteiger partial charge is 0.373 e. The van der Waals surface area contributed by atoms with Gasteiger partial charge in [-0.05, 0) is 12.1 Å². The second-order valence-electron chi connectivity index (χ2n) is 3.81. The lowest BCUT2D eigenvalue weighted by Crippen LogP contribution is -2.13. The molecule has 2 rings (SSSR count). The highest BCUT2D eigenvalue weighted by Crippen LogP contribution is 2.31. The average Bonchev–Trinajstić information content (AvgIpc) is 2.40. The lowest BCUT2D eigenvalue weighted by molar-refractivity contribution is -0.144. The number of halogens is 5. The Kier molecular flexibility index (Phi) is 3.56. The monoisotopic (exact) mass is 289 g/mol. The Morgan fingerprint density at radius 3 is 2.40 bits per heavy atom. The van der Waals surface area contributed by atoms with E-state index in [-0.39, 0.29) is 17.1 Å². The van der Waals surface area contributed by atoms with E-state index < -0.39 is 23.6 Å². The van der Waals surface area contributed by atoms with Crippen LogP contribution < -0.4 is 5.32 Å². The van der Waals surface area contributed by atoms with Crippen LogP contribution in [0.5, 0.6) is 0 Å². The van der Waals surface area contributed by atoms with Crippen LogP contribution in [-0.2, 0) is 6.18 Å². The van der Waals surface area contributed by atoms with E-state index in [1.807, 2.05) is 0 Å². The normalized spacial score (nSPS) is 11.5. The maximum atomic E-state index is 13.6. The van der Waals surface area contributed by atoms with Gasteiger partial charge in [0, 0.05) is 18.7 Å². The number of rotatable bonds is 2. The van der Waals surface area contributed by atoms with Crippen molar-refractivity contribution in [2.24, 2.45) is 0 Å². The van der Waals surface area contributed by atoms with E-state index >= 15 is 0 Å². The quantitative estimate of drug-likeness (QED) is 0.860. The minimum Gasteiger partial charge on any atom is -0.373 e. The summed E-state index contributed by atoms with van der Waals surface area (Å²) in [5, 5.41) is 2.42. The molecule has 1 aromatic carbocycles. The van der Waals surface area contributed by atoms with Gasteiger partial charge in [0.1, 0.15) is 5.82 Å². The van der Waals surface area contributed by atoms with E-state index in [2.05, 4.69) is 15.3 Å². The predicted octanol–water partition coefficient (Wildman–Crippen LogP) is 3.48. The molecule has 106 valence electrons. The largest absolute Gasteiger partial charge is 0.451 e. The summed E-state index contributed by atoms with van der Waals surface area (Å²) < 4.78 is 64.7. The van der Waals surface area contributed by atoms with Crippen molar-refractivity contribution < 1.29 is 22.0 Å². The van der Waals surface area contributed by atoms with Gasteiger partial charge in [-0.15, -0.1) is 0 Å². The molecule has 0 saturated heterocycles. The average molecular weight is 289 g/mol. The highest BCUT2D eigenvalue weighted by molar-refractivity contribution is 5.63. The zero-order valence-electron chi connectivity index (χ0n) is 10.1. The molecule has 0 aliphatic carbocycles. The molecule has 2 aromatic rings. The van der Waals surface area contributed by atoms with Crippen molar-refractivity contribution in [1.82, 2.24) is 9.97 Å². The van der Waals surface area contributed by atoms with Crippen LogP contribution in [0.4, 0.5) is 27.8 Å². The molecule has 8 heteroatoms. The highest BCUT2D eigenvalue weighted by atomic mass is 19.4. The van der Waals surface area contributed by atoms with Crippen LogP contribution in [0.2, 0.25) is 0 Å². The van der Waals surface area contributed by atoms with Crippen LogP contribution >= 0.6 is 0 Å². The molecule has 0 amide bonds. The molecule has 0 aliphatic rings. The number of anilines is 1. The molecule has 0 aliphatic heterocycles. The van der Waals surface area contributed by atoms with Crippen molar-refractivity contribution >= 4 is 5.82 Å². The summed E-state index contributed by atoms with van der Waals surface area (Å²) in [6.45, 7) is 0. The fraction of sp³-hybridized carbons (Fsp3) is 0.167. The van der Waals surface area contributed by atoms with Crippen molar-refractivity contribution in [1.29, 1.82) is 0 Å². The third-order valence-electron chi connectivity index (χ3n) is 2.46. The number of hydrogen-bond donors (Lipinski definition) is 1. The van der Waals surface area contributed by atoms with Gasteiger partial charge < -0.3 is 5.32 Å². The van der Waals surface area contributed by atoms with Crippen LogP contribution in [0.3, 0.4) is 0 Å². The lowest BCUT2D eigenvalue weighted by atomic mass is 10.1. The van der Waals surface area contributed by atoms with Gasteiger partial charge in [0.15, 0.2) is 11.6 Å². The van der Waals surface area contributed by atoms with E-state index in [9.17, 15) is 22.0 Å². The molecule has 0 saturated carbocycles. The minimum atomic E-state index is -4.79. The second kappa shape index (κ2) is 5.03. The molecular weight excluding hydrogens is 281 g/mol. The first kappa shape index (κ1) is 14.2. The molecule has 0 spiro atoms. The van der Waals surface area contributed by atoms with Crippen LogP contribution in [-0.4, -0.2) is 17.0 Å². The Morgan fingerprint density at radius 1 is 1.10 bits per heavy atom. The van der Waals surface area contributed by atoms with Crippen LogP contribution in [0.15, 0.2) is 24.3 Å². The molecule has 0 bridgehead atoms. The first-order valence-corrected chi connectivity index (χ1v) is 5.41. The number of nitrogens with zero attached hydrogens (tertiary/aromatic N) is 2. The van der Waals surface area contributed by atoms with Gasteiger partial charge in [0.05, 0.1) is 5.69 Å². The molecular formula is C12H8F5N3. The summed E-state index contributed by atoms with van der Waals surface area (Å²) in [7, 11) is 1.36. The SMILES string of the molecule is CNc1cc(-c2cccc(F)c2F)nc(C(F)(F)F)n1. The Morgan fingerprint density at radius 2 is 1.80 bits per heavy atom. The number of nitrogens with one attached hydrogen (secondary N) is 1. The lowest BCUT2D eigenvalue weighted by Gasteiger charge is -2.10. The van der Waals surface area contributed by atoms with E-state index in [4.69, 9.17) is 0 Å². The summed E-state index contributed by atoms with van der Waals surface area (Å²) >= 11 is 0. The van der Waals surface area contributed by atoms with Crippen LogP contribution in [0.1, 0.15) is 5.82 Å². The third kappa shape index (κ3) is 2.68. The van der Waals surface area contributed by atoms with Gasteiger partial charge in [-0.2, -0.15) is 13.2 Å². The molecule has 1 heterocycles. The molecule has 3 nitrogen and oxygen atoms in total. The van der Waals surface area contributed by atoms with Crippen molar-refractivity contribution in [3.8, 4) is 11.3 Å². The van der Waals surface area contributed by atoms with E-state index in [0.29, 0.717) is 0 Å². The zero-order valence-corrected chi connectivity index (χ0v) is 10.1. The Hall–Kier alpha value is -2.25. The number of alkyl halides is 3. The first-order valence-electron chi connectivity index (χ1n) is 5.41. The standard InChI is InChI=1S/C12H8F5N3/c1-18-9-5-8(19-11(20-9)12(15,16)17)6-3-2-4-7(13)10(6)14/h2-5H,1H3,(H,18,19,20). The summed E-state index contributed by atoms with van der Waals surface area (Å²) in [6, 6.07) is 4.29. The van der Waals surface area contributed by atoms with Crippen LogP contribution in [0, 0.1) is 11.6 Å². The van der Waals surface area contributed by atoms with Gasteiger partial charge in [0.2, 0.25) is 5.82 Å². The fourth-order valence-corrected chi connectivity index (χ4v) is 1.54. The molecule has 1 N–H and O–H groups in total. The molecule has 0 atom stereocenters. The van der Waals surface area contributed by atoms with Crippen molar-refractivity contribution in [3.63, 3.8) is 0 Å². The van der Waals surface area contributed by atoms with E-state index in [0.717, 1.165) is 18.2 Å². The maximum Gasteiger partial charge on any atom is 0.451 e. The van der Waals surface area contributed by atoms with Gasteiger partial charge >= 0.3 is 6.18 Å². The van der Waals surface area contributed by atoms with Crippen molar-refractivity contribution in [2.45, 2.75) is 6.18 Å². The van der Waals surface area contributed by atoms with Crippen molar-refractivity contribution in [2.75, 3.05) is 12.4 Å². The number of aromatic nitrogens is 2. The Balaban J connectivity index is 2.65. The fourth-order valence-electron chi connectivity index (χ4n) is 1.54. The van der Waals surface area contributed by atoms with Crippen molar-refractivity contribution in [3.05, 3.63) is 41.7 Å². The predicted molar refractivity (Wildman–Crippen MR) is 61.9 cm³/mol. The van der Waals surface area contributed by atoms with E-state index in [1.165, 1.54) is 13.1 Å². The van der Waals surface area contributed by atoms with E-state index in [1.54, 1.807) is 0 Å². The topological polar surface area (TPSA) is 37.8 Å². The Bertz CT molecular complexity index is 639. The van der Waals surface area contributed by atoms with Gasteiger partial charge in [-0.25, -0.2) is 18.7 Å². The highest BCUT2D eigenvalue weighted by Gasteiger charge is 2.35. The zero-order chi connectivity index (χ0) is 14.9. The van der Waals surface area contributed by atoms with Crippen LogP contribution in [0.25, 0.3) is 11.3 Å².